The lowest BCUT2D eigenvalue weighted by atomic mass is 10.1. The molecule has 1 aromatic rings. The molecule has 0 fully saturated rings. The first-order valence-electron chi connectivity index (χ1n) is 6.27. The van der Waals surface area contributed by atoms with Gasteiger partial charge in [0, 0.05) is 34.9 Å². The highest BCUT2D eigenvalue weighted by molar-refractivity contribution is 7.84. The molecule has 0 saturated carbocycles. The monoisotopic (exact) mass is 285 g/mol. The zero-order chi connectivity index (χ0) is 14.4. The fourth-order valence-corrected chi connectivity index (χ4v) is 2.03. The number of hydrogen-bond acceptors (Lipinski definition) is 4. The van der Waals surface area contributed by atoms with Gasteiger partial charge in [-0.25, -0.2) is 0 Å². The Labute approximate surface area is 118 Å². The molecule has 5 heteroatoms. The van der Waals surface area contributed by atoms with E-state index in [1.807, 2.05) is 25.1 Å². The van der Waals surface area contributed by atoms with Gasteiger partial charge in [0.25, 0.3) is 0 Å². The summed E-state index contributed by atoms with van der Waals surface area (Å²) < 4.78 is 21.8. The molecule has 3 atom stereocenters. The minimum atomic E-state index is -0.801. The largest absolute Gasteiger partial charge is 0.493 e. The van der Waals surface area contributed by atoms with Crippen molar-refractivity contribution in [2.45, 2.75) is 25.1 Å². The van der Waals surface area contributed by atoms with Gasteiger partial charge in [0.1, 0.15) is 0 Å². The predicted octanol–water partition coefficient (Wildman–Crippen LogP) is 2.12. The van der Waals surface area contributed by atoms with Crippen LogP contribution < -0.4 is 14.8 Å². The van der Waals surface area contributed by atoms with Crippen LogP contribution in [0, 0.1) is 0 Å². The van der Waals surface area contributed by atoms with E-state index in [9.17, 15) is 4.21 Å². The second kappa shape index (κ2) is 7.50. The number of ether oxygens (including phenoxy) is 2. The van der Waals surface area contributed by atoms with Crippen LogP contribution in [0.3, 0.4) is 0 Å². The van der Waals surface area contributed by atoms with Crippen molar-refractivity contribution in [3.8, 4) is 11.5 Å². The Morgan fingerprint density at radius 1 is 1.21 bits per heavy atom. The smallest absolute Gasteiger partial charge is 0.161 e. The van der Waals surface area contributed by atoms with Gasteiger partial charge in [-0.1, -0.05) is 6.07 Å². The van der Waals surface area contributed by atoms with Crippen LogP contribution >= 0.6 is 0 Å². The van der Waals surface area contributed by atoms with E-state index >= 15 is 0 Å². The van der Waals surface area contributed by atoms with Crippen LogP contribution in [0.15, 0.2) is 18.2 Å². The van der Waals surface area contributed by atoms with E-state index in [0.29, 0.717) is 0 Å². The zero-order valence-electron chi connectivity index (χ0n) is 12.2. The van der Waals surface area contributed by atoms with Crippen LogP contribution in [-0.4, -0.2) is 36.5 Å². The lowest BCUT2D eigenvalue weighted by Crippen LogP contribution is -2.29. The normalized spacial score (nSPS) is 15.6. The lowest BCUT2D eigenvalue weighted by molar-refractivity contribution is 0.354. The van der Waals surface area contributed by atoms with Gasteiger partial charge in [-0.15, -0.1) is 0 Å². The molecule has 4 nitrogen and oxygen atoms in total. The third-order valence-electron chi connectivity index (χ3n) is 3.19. The molecule has 3 unspecified atom stereocenters. The van der Waals surface area contributed by atoms with Crippen molar-refractivity contribution in [2.75, 3.05) is 27.0 Å². The molecule has 0 aliphatic rings. The topological polar surface area (TPSA) is 47.6 Å². The molecule has 0 saturated heterocycles. The molecule has 0 spiro atoms. The maximum Gasteiger partial charge on any atom is 0.161 e. The molecule has 108 valence electrons. The molecule has 0 bridgehead atoms. The average molecular weight is 285 g/mol. The molecule has 0 aliphatic heterocycles. The van der Waals surface area contributed by atoms with E-state index in [0.717, 1.165) is 23.6 Å². The van der Waals surface area contributed by atoms with Gasteiger partial charge in [-0.2, -0.15) is 0 Å². The third kappa shape index (κ3) is 4.51. The van der Waals surface area contributed by atoms with Gasteiger partial charge in [0.2, 0.25) is 0 Å². The standard InChI is InChI=1S/C14H23NO3S/c1-10(19(5)16)9-15-11(2)12-6-7-13(17-3)14(8-12)18-4/h6-8,10-11,15H,9H2,1-5H3. The molecule has 1 rings (SSSR count). The summed E-state index contributed by atoms with van der Waals surface area (Å²) in [7, 11) is 2.45. The Morgan fingerprint density at radius 3 is 2.37 bits per heavy atom. The van der Waals surface area contributed by atoms with Crippen LogP contribution in [0.1, 0.15) is 25.5 Å². The molecule has 0 radical (unpaired) electrons. The van der Waals surface area contributed by atoms with Gasteiger partial charge in [-0.05, 0) is 31.5 Å². The van der Waals surface area contributed by atoms with Crippen molar-refractivity contribution >= 4 is 10.8 Å². The molecular formula is C14H23NO3S. The molecule has 0 amide bonds. The van der Waals surface area contributed by atoms with E-state index in [1.54, 1.807) is 20.5 Å². The van der Waals surface area contributed by atoms with Crippen LogP contribution in [0.25, 0.3) is 0 Å². The Balaban J connectivity index is 2.71. The Bertz CT molecular complexity index is 437. The molecular weight excluding hydrogens is 262 g/mol. The van der Waals surface area contributed by atoms with E-state index in [2.05, 4.69) is 12.2 Å². The summed E-state index contributed by atoms with van der Waals surface area (Å²) in [6, 6.07) is 6.04. The van der Waals surface area contributed by atoms with E-state index < -0.39 is 10.8 Å². The second-order valence-electron chi connectivity index (χ2n) is 4.55. The number of nitrogens with one attached hydrogen (secondary N) is 1. The minimum absolute atomic E-state index is 0.141. The summed E-state index contributed by atoms with van der Waals surface area (Å²) in [5.41, 5.74) is 1.12. The highest BCUT2D eigenvalue weighted by Crippen LogP contribution is 2.29. The Morgan fingerprint density at radius 2 is 1.84 bits per heavy atom. The van der Waals surface area contributed by atoms with E-state index in [1.165, 1.54) is 0 Å². The first kappa shape index (κ1) is 16.0. The minimum Gasteiger partial charge on any atom is -0.493 e. The number of methoxy groups -OCH3 is 2. The Kier molecular flexibility index (Phi) is 6.31. The summed E-state index contributed by atoms with van der Waals surface area (Å²) in [6.07, 6.45) is 1.73. The van der Waals surface area contributed by atoms with E-state index in [4.69, 9.17) is 9.47 Å². The third-order valence-corrected chi connectivity index (χ3v) is 4.49. The van der Waals surface area contributed by atoms with Crippen molar-refractivity contribution < 1.29 is 13.7 Å². The lowest BCUT2D eigenvalue weighted by Gasteiger charge is -2.18. The van der Waals surface area contributed by atoms with Gasteiger partial charge in [0.15, 0.2) is 11.5 Å². The van der Waals surface area contributed by atoms with Gasteiger partial charge in [0.05, 0.1) is 14.2 Å². The molecule has 19 heavy (non-hydrogen) atoms. The second-order valence-corrected chi connectivity index (χ2v) is 6.36. The molecule has 0 heterocycles. The van der Waals surface area contributed by atoms with Crippen molar-refractivity contribution in [1.82, 2.24) is 5.32 Å². The fourth-order valence-electron chi connectivity index (χ4n) is 1.70. The van der Waals surface area contributed by atoms with Crippen molar-refractivity contribution in [1.29, 1.82) is 0 Å². The summed E-state index contributed by atoms with van der Waals surface area (Å²) in [6.45, 7) is 4.77. The van der Waals surface area contributed by atoms with Gasteiger partial charge in [-0.3, -0.25) is 4.21 Å². The number of hydrogen-bond donors (Lipinski definition) is 1. The van der Waals surface area contributed by atoms with Crippen LogP contribution in [0.5, 0.6) is 11.5 Å². The highest BCUT2D eigenvalue weighted by atomic mass is 32.2. The fraction of sp³-hybridized carbons (Fsp3) is 0.571. The van der Waals surface area contributed by atoms with Crippen molar-refractivity contribution in [2.24, 2.45) is 0 Å². The molecule has 0 aliphatic carbocycles. The van der Waals surface area contributed by atoms with Crippen molar-refractivity contribution in [3.63, 3.8) is 0 Å². The molecule has 1 aromatic carbocycles. The highest BCUT2D eigenvalue weighted by Gasteiger charge is 2.12. The Hall–Kier alpha value is -1.07. The predicted molar refractivity (Wildman–Crippen MR) is 79.5 cm³/mol. The maximum atomic E-state index is 11.3. The first-order chi connectivity index (χ1) is 8.99. The first-order valence-corrected chi connectivity index (χ1v) is 7.89. The summed E-state index contributed by atoms with van der Waals surface area (Å²) in [5.74, 6) is 1.45. The van der Waals surface area contributed by atoms with Crippen molar-refractivity contribution in [3.05, 3.63) is 23.8 Å². The molecule has 1 N–H and O–H groups in total. The van der Waals surface area contributed by atoms with E-state index in [-0.39, 0.29) is 11.3 Å². The average Bonchev–Trinajstić information content (AvgIpc) is 2.43. The maximum absolute atomic E-state index is 11.3. The van der Waals surface area contributed by atoms with Crippen LogP contribution in [0.2, 0.25) is 0 Å². The zero-order valence-corrected chi connectivity index (χ0v) is 13.0. The molecule has 0 aromatic heterocycles. The summed E-state index contributed by atoms with van der Waals surface area (Å²) in [5, 5.41) is 3.52. The van der Waals surface area contributed by atoms with Crippen LogP contribution in [-0.2, 0) is 10.8 Å². The number of benzene rings is 1. The quantitative estimate of drug-likeness (QED) is 0.833. The number of rotatable bonds is 7. The summed E-state index contributed by atoms with van der Waals surface area (Å²) >= 11 is 0. The SMILES string of the molecule is COc1ccc(C(C)NCC(C)S(C)=O)cc1OC. The van der Waals surface area contributed by atoms with Gasteiger partial charge >= 0.3 is 0 Å². The summed E-state index contributed by atoms with van der Waals surface area (Å²) in [4.78, 5) is 0. The van der Waals surface area contributed by atoms with Crippen LogP contribution in [0.4, 0.5) is 0 Å². The van der Waals surface area contributed by atoms with Gasteiger partial charge < -0.3 is 14.8 Å².